The summed E-state index contributed by atoms with van der Waals surface area (Å²) in [4.78, 5) is 15.7. The minimum atomic E-state index is 0.678. The van der Waals surface area contributed by atoms with Gasteiger partial charge < -0.3 is 10.6 Å². The van der Waals surface area contributed by atoms with E-state index in [0.29, 0.717) is 12.5 Å². The molecule has 7 heteroatoms. The zero-order valence-electron chi connectivity index (χ0n) is 12.0. The third kappa shape index (κ3) is 3.30. The van der Waals surface area contributed by atoms with E-state index in [1.165, 1.54) is 4.88 Å². The topological polar surface area (TPSA) is 62.7 Å². The molecule has 0 atom stereocenters. The Hall–Kier alpha value is -1.73. The molecule has 21 heavy (non-hydrogen) atoms. The van der Waals surface area contributed by atoms with Crippen LogP contribution >= 0.6 is 22.7 Å². The lowest BCUT2D eigenvalue weighted by Crippen LogP contribution is -2.08. The van der Waals surface area contributed by atoms with E-state index in [0.717, 1.165) is 34.7 Å². The number of aromatic nitrogens is 3. The first-order valence-electron chi connectivity index (χ1n) is 6.89. The zero-order valence-corrected chi connectivity index (χ0v) is 13.6. The second kappa shape index (κ2) is 6.36. The molecule has 0 aliphatic heterocycles. The summed E-state index contributed by atoms with van der Waals surface area (Å²) in [6.07, 6.45) is 1.05. The maximum Gasteiger partial charge on any atom is 0.226 e. The maximum absolute atomic E-state index is 4.60. The summed E-state index contributed by atoms with van der Waals surface area (Å²) in [6.45, 7) is 5.77. The fraction of sp³-hybridized carbons (Fsp3) is 0.357. The fourth-order valence-electron chi connectivity index (χ4n) is 1.99. The smallest absolute Gasteiger partial charge is 0.226 e. The number of thiophene rings is 1. The highest BCUT2D eigenvalue weighted by atomic mass is 32.1. The molecule has 3 aromatic heterocycles. The number of hydrogen-bond donors (Lipinski definition) is 2. The molecule has 5 nitrogen and oxygen atoms in total. The minimum Gasteiger partial charge on any atom is -0.364 e. The van der Waals surface area contributed by atoms with Crippen molar-refractivity contribution in [3.05, 3.63) is 27.5 Å². The van der Waals surface area contributed by atoms with E-state index < -0.39 is 0 Å². The zero-order chi connectivity index (χ0) is 14.7. The van der Waals surface area contributed by atoms with Gasteiger partial charge in [-0.05, 0) is 19.4 Å². The Bertz CT molecular complexity index is 720. The molecule has 110 valence electrons. The average Bonchev–Trinajstić information content (AvgIpc) is 3.10. The van der Waals surface area contributed by atoms with E-state index in [9.17, 15) is 0 Å². The second-order valence-electron chi connectivity index (χ2n) is 4.73. The molecule has 0 aliphatic carbocycles. The Kier molecular flexibility index (Phi) is 4.31. The van der Waals surface area contributed by atoms with E-state index in [1.54, 1.807) is 22.7 Å². The van der Waals surface area contributed by atoms with Crippen LogP contribution < -0.4 is 10.6 Å². The van der Waals surface area contributed by atoms with Crippen LogP contribution in [0.2, 0.25) is 0 Å². The predicted octanol–water partition coefficient (Wildman–Crippen LogP) is 3.89. The van der Waals surface area contributed by atoms with Crippen LogP contribution in [0.5, 0.6) is 0 Å². The molecule has 0 amide bonds. The van der Waals surface area contributed by atoms with Gasteiger partial charge in [0.2, 0.25) is 5.95 Å². The van der Waals surface area contributed by atoms with Crippen LogP contribution in [0.3, 0.4) is 0 Å². The molecule has 0 bridgehead atoms. The standard InChI is InChI=1S/C14H17N5S2/c1-3-4-15-14-18-12(16-6-10-7-20-8-17-10)11-5-9(2)21-13(11)19-14/h5,7-8H,3-4,6H2,1-2H3,(H2,15,16,18,19). The lowest BCUT2D eigenvalue weighted by molar-refractivity contribution is 0.955. The largest absolute Gasteiger partial charge is 0.364 e. The highest BCUT2D eigenvalue weighted by Crippen LogP contribution is 2.29. The molecule has 0 spiro atoms. The third-order valence-electron chi connectivity index (χ3n) is 2.97. The molecule has 0 saturated heterocycles. The van der Waals surface area contributed by atoms with Crippen molar-refractivity contribution in [2.24, 2.45) is 0 Å². The summed E-state index contributed by atoms with van der Waals surface area (Å²) in [5.41, 5.74) is 2.87. The Morgan fingerprint density at radius 2 is 2.14 bits per heavy atom. The van der Waals surface area contributed by atoms with Gasteiger partial charge in [-0.15, -0.1) is 22.7 Å². The summed E-state index contributed by atoms with van der Waals surface area (Å²) < 4.78 is 0. The van der Waals surface area contributed by atoms with Crippen LogP contribution in [0, 0.1) is 6.92 Å². The number of nitrogens with zero attached hydrogens (tertiary/aromatic N) is 3. The Labute approximate surface area is 131 Å². The highest BCUT2D eigenvalue weighted by Gasteiger charge is 2.10. The minimum absolute atomic E-state index is 0.678. The molecule has 3 aromatic rings. The van der Waals surface area contributed by atoms with Crippen LogP contribution in [-0.2, 0) is 6.54 Å². The molecule has 3 rings (SSSR count). The van der Waals surface area contributed by atoms with E-state index >= 15 is 0 Å². The molecule has 0 radical (unpaired) electrons. The number of thiazole rings is 1. The lowest BCUT2D eigenvalue weighted by atomic mass is 10.3. The normalized spacial score (nSPS) is 11.0. The monoisotopic (exact) mass is 319 g/mol. The molecular formula is C14H17N5S2. The summed E-state index contributed by atoms with van der Waals surface area (Å²) in [6, 6.07) is 2.13. The summed E-state index contributed by atoms with van der Waals surface area (Å²) >= 11 is 3.30. The van der Waals surface area contributed by atoms with E-state index in [4.69, 9.17) is 0 Å². The highest BCUT2D eigenvalue weighted by molar-refractivity contribution is 7.18. The first kappa shape index (κ1) is 14.2. The molecule has 0 fully saturated rings. The molecular weight excluding hydrogens is 302 g/mol. The van der Waals surface area contributed by atoms with Gasteiger partial charge in [0.05, 0.1) is 23.1 Å². The van der Waals surface area contributed by atoms with Crippen LogP contribution in [0.4, 0.5) is 11.8 Å². The van der Waals surface area contributed by atoms with Gasteiger partial charge in [0.15, 0.2) is 0 Å². The van der Waals surface area contributed by atoms with Gasteiger partial charge in [-0.1, -0.05) is 6.92 Å². The molecule has 0 aliphatic rings. The van der Waals surface area contributed by atoms with Crippen molar-refractivity contribution < 1.29 is 0 Å². The van der Waals surface area contributed by atoms with Crippen LogP contribution in [-0.4, -0.2) is 21.5 Å². The van der Waals surface area contributed by atoms with E-state index in [1.807, 2.05) is 10.9 Å². The molecule has 0 aromatic carbocycles. The van der Waals surface area contributed by atoms with Crippen molar-refractivity contribution in [2.75, 3.05) is 17.2 Å². The van der Waals surface area contributed by atoms with Crippen LogP contribution in [0.25, 0.3) is 10.2 Å². The molecule has 0 unspecified atom stereocenters. The Balaban J connectivity index is 1.89. The summed E-state index contributed by atoms with van der Waals surface area (Å²) in [5.74, 6) is 1.56. The van der Waals surface area contributed by atoms with Crippen molar-refractivity contribution in [3.63, 3.8) is 0 Å². The van der Waals surface area contributed by atoms with Crippen molar-refractivity contribution in [2.45, 2.75) is 26.8 Å². The predicted molar refractivity (Wildman–Crippen MR) is 90.4 cm³/mol. The van der Waals surface area contributed by atoms with Gasteiger partial charge in [-0.3, -0.25) is 0 Å². The van der Waals surface area contributed by atoms with E-state index in [-0.39, 0.29) is 0 Å². The Morgan fingerprint density at radius 3 is 2.90 bits per heavy atom. The van der Waals surface area contributed by atoms with Gasteiger partial charge in [-0.2, -0.15) is 4.98 Å². The van der Waals surface area contributed by atoms with Gasteiger partial charge in [0, 0.05) is 16.8 Å². The maximum atomic E-state index is 4.60. The van der Waals surface area contributed by atoms with Crippen molar-refractivity contribution in [1.82, 2.24) is 15.0 Å². The van der Waals surface area contributed by atoms with Crippen molar-refractivity contribution >= 4 is 44.7 Å². The molecule has 0 saturated carbocycles. The lowest BCUT2D eigenvalue weighted by Gasteiger charge is -2.08. The van der Waals surface area contributed by atoms with Crippen molar-refractivity contribution in [1.29, 1.82) is 0 Å². The number of hydrogen-bond acceptors (Lipinski definition) is 7. The fourth-order valence-corrected chi connectivity index (χ4v) is 3.43. The SMILES string of the molecule is CCCNc1nc(NCc2cscn2)c2cc(C)sc2n1. The number of rotatable bonds is 6. The number of fused-ring (bicyclic) bond motifs is 1. The first-order valence-corrected chi connectivity index (χ1v) is 8.65. The van der Waals surface area contributed by atoms with Gasteiger partial charge in [0.25, 0.3) is 0 Å². The molecule has 3 heterocycles. The molecule has 2 N–H and O–H groups in total. The van der Waals surface area contributed by atoms with Crippen molar-refractivity contribution in [3.8, 4) is 0 Å². The van der Waals surface area contributed by atoms with Gasteiger partial charge in [-0.25, -0.2) is 9.97 Å². The second-order valence-corrected chi connectivity index (χ2v) is 6.69. The van der Waals surface area contributed by atoms with Gasteiger partial charge in [0.1, 0.15) is 10.6 Å². The average molecular weight is 319 g/mol. The Morgan fingerprint density at radius 1 is 1.24 bits per heavy atom. The number of nitrogens with one attached hydrogen (secondary N) is 2. The van der Waals surface area contributed by atoms with Gasteiger partial charge >= 0.3 is 0 Å². The third-order valence-corrected chi connectivity index (χ3v) is 4.55. The van der Waals surface area contributed by atoms with Crippen LogP contribution in [0.15, 0.2) is 17.0 Å². The van der Waals surface area contributed by atoms with Crippen LogP contribution in [0.1, 0.15) is 23.9 Å². The number of anilines is 2. The number of aryl methyl sites for hydroxylation is 1. The summed E-state index contributed by atoms with van der Waals surface area (Å²) in [7, 11) is 0. The summed E-state index contributed by atoms with van der Waals surface area (Å²) in [5, 5.41) is 9.76. The van der Waals surface area contributed by atoms with E-state index in [2.05, 4.69) is 45.5 Å². The first-order chi connectivity index (χ1) is 10.3. The quantitative estimate of drug-likeness (QED) is 0.721.